The number of nitrogens with zero attached hydrogens (tertiary/aromatic N) is 3. The van der Waals surface area contributed by atoms with Gasteiger partial charge in [-0.05, 0) is 86.5 Å². The number of hydrogen-bond acceptors (Lipinski definition) is 3. The zero-order valence-electron chi connectivity index (χ0n) is 19.5. The third kappa shape index (κ3) is 5.68. The van der Waals surface area contributed by atoms with Crippen molar-refractivity contribution in [2.75, 3.05) is 13.1 Å². The molecule has 5 rings (SSSR count). The normalized spacial score (nSPS) is 17.9. The maximum absolute atomic E-state index is 13.7. The highest BCUT2D eigenvalue weighted by atomic mass is 35.5. The van der Waals surface area contributed by atoms with Crippen LogP contribution in [0.1, 0.15) is 47.3 Å². The van der Waals surface area contributed by atoms with Gasteiger partial charge in [0.05, 0.1) is 0 Å². The van der Waals surface area contributed by atoms with E-state index in [0.717, 1.165) is 56.8 Å². The number of carbonyl (C=O) groups is 1. The molecule has 34 heavy (non-hydrogen) atoms. The summed E-state index contributed by atoms with van der Waals surface area (Å²) in [5.41, 5.74) is 3.12. The Morgan fingerprint density at radius 2 is 1.68 bits per heavy atom. The van der Waals surface area contributed by atoms with Gasteiger partial charge in [-0.15, -0.1) is 0 Å². The Bertz CT molecular complexity index is 1080. The quantitative estimate of drug-likeness (QED) is 0.411. The minimum atomic E-state index is 0.0883. The molecule has 1 aliphatic carbocycles. The molecule has 3 aromatic rings. The molecule has 1 saturated carbocycles. The molecule has 1 amide bonds. The molecule has 0 bridgehead atoms. The van der Waals surface area contributed by atoms with Gasteiger partial charge in [-0.1, -0.05) is 60.1 Å². The number of pyridine rings is 1. The summed E-state index contributed by atoms with van der Waals surface area (Å²) >= 11 is 6.19. The van der Waals surface area contributed by atoms with E-state index in [1.807, 2.05) is 30.3 Å². The minimum absolute atomic E-state index is 0.0883. The number of carbonyl (C=O) groups excluding carboxylic acids is 1. The van der Waals surface area contributed by atoms with Crippen molar-refractivity contribution in [3.63, 3.8) is 0 Å². The predicted octanol–water partition coefficient (Wildman–Crippen LogP) is 5.86. The summed E-state index contributed by atoms with van der Waals surface area (Å²) in [4.78, 5) is 22.8. The van der Waals surface area contributed by atoms with Crippen LogP contribution in [0.4, 0.5) is 0 Å². The Morgan fingerprint density at radius 1 is 0.941 bits per heavy atom. The molecule has 176 valence electrons. The summed E-state index contributed by atoms with van der Waals surface area (Å²) in [6.07, 6.45) is 7.00. The molecule has 0 unspecified atom stereocenters. The van der Waals surface area contributed by atoms with Crippen molar-refractivity contribution < 1.29 is 4.79 Å². The van der Waals surface area contributed by atoms with Gasteiger partial charge < -0.3 is 4.90 Å². The van der Waals surface area contributed by atoms with Crippen molar-refractivity contribution in [2.45, 2.75) is 50.7 Å². The topological polar surface area (TPSA) is 36.4 Å². The molecule has 4 nitrogen and oxygen atoms in total. The van der Waals surface area contributed by atoms with Crippen molar-refractivity contribution in [3.8, 4) is 0 Å². The van der Waals surface area contributed by atoms with Crippen LogP contribution in [0.2, 0.25) is 5.02 Å². The summed E-state index contributed by atoms with van der Waals surface area (Å²) in [6.45, 7) is 3.01. The van der Waals surface area contributed by atoms with E-state index < -0.39 is 0 Å². The lowest BCUT2D eigenvalue weighted by molar-refractivity contribution is 0.0477. The van der Waals surface area contributed by atoms with Gasteiger partial charge in [0.2, 0.25) is 0 Å². The molecule has 2 fully saturated rings. The molecule has 0 N–H and O–H groups in total. The van der Waals surface area contributed by atoms with Gasteiger partial charge in [0.25, 0.3) is 5.91 Å². The van der Waals surface area contributed by atoms with E-state index >= 15 is 0 Å². The largest absolute Gasteiger partial charge is 0.331 e. The van der Waals surface area contributed by atoms with Crippen LogP contribution in [0.15, 0.2) is 79.0 Å². The minimum Gasteiger partial charge on any atom is -0.331 e. The number of likely N-dealkylation sites (tertiary alicyclic amines) is 1. The number of amides is 1. The summed E-state index contributed by atoms with van der Waals surface area (Å²) < 4.78 is 0. The molecule has 2 aromatic carbocycles. The first-order valence-electron chi connectivity index (χ1n) is 12.4. The van der Waals surface area contributed by atoms with Crippen LogP contribution in [0.3, 0.4) is 0 Å². The summed E-state index contributed by atoms with van der Waals surface area (Å²) in [6, 6.07) is 25.0. The summed E-state index contributed by atoms with van der Waals surface area (Å²) in [7, 11) is 0. The van der Waals surface area contributed by atoms with Gasteiger partial charge >= 0.3 is 0 Å². The lowest BCUT2D eigenvalue weighted by atomic mass is 9.84. The highest BCUT2D eigenvalue weighted by Crippen LogP contribution is 2.36. The molecule has 0 radical (unpaired) electrons. The third-order valence-corrected chi connectivity index (χ3v) is 7.41. The molecule has 1 saturated heterocycles. The molecule has 5 heteroatoms. The second-order valence-corrected chi connectivity index (χ2v) is 10.1. The van der Waals surface area contributed by atoms with E-state index in [9.17, 15) is 4.79 Å². The van der Waals surface area contributed by atoms with Crippen LogP contribution in [-0.2, 0) is 13.0 Å². The van der Waals surface area contributed by atoms with Gasteiger partial charge in [0.15, 0.2) is 0 Å². The zero-order chi connectivity index (χ0) is 23.3. The average molecular weight is 474 g/mol. The number of halogens is 1. The fourth-order valence-corrected chi connectivity index (χ4v) is 5.51. The fourth-order valence-electron chi connectivity index (χ4n) is 5.30. The van der Waals surface area contributed by atoms with Gasteiger partial charge in [-0.3, -0.25) is 14.7 Å². The standard InChI is InChI=1S/C29H32ClN3O/c30-25-10-6-9-23(19-25)21-32-17-14-24(15-18-32)28(20-22-7-2-1-3-8-22)33(26-12-13-26)29(34)27-11-4-5-16-31-27/h1-11,16,19,24,26,28H,12-15,17-18,20-21H2/t28-/m1/s1. The lowest BCUT2D eigenvalue weighted by Gasteiger charge is -2.42. The van der Waals surface area contributed by atoms with E-state index in [2.05, 4.69) is 57.2 Å². The monoisotopic (exact) mass is 473 g/mol. The van der Waals surface area contributed by atoms with E-state index in [1.54, 1.807) is 6.20 Å². The van der Waals surface area contributed by atoms with Gasteiger partial charge in [0.1, 0.15) is 5.69 Å². The predicted molar refractivity (Wildman–Crippen MR) is 137 cm³/mol. The van der Waals surface area contributed by atoms with Crippen LogP contribution in [-0.4, -0.2) is 45.9 Å². The number of hydrogen-bond donors (Lipinski definition) is 0. The van der Waals surface area contributed by atoms with Crippen molar-refractivity contribution in [2.24, 2.45) is 5.92 Å². The van der Waals surface area contributed by atoms with E-state index in [4.69, 9.17) is 11.6 Å². The number of benzene rings is 2. The molecular weight excluding hydrogens is 442 g/mol. The SMILES string of the molecule is O=C(c1ccccn1)N(C1CC1)[C@H](Cc1ccccc1)C1CCN(Cc2cccc(Cl)c2)CC1. The first kappa shape index (κ1) is 23.1. The maximum Gasteiger partial charge on any atom is 0.272 e. The lowest BCUT2D eigenvalue weighted by Crippen LogP contribution is -2.50. The van der Waals surface area contributed by atoms with Crippen LogP contribution in [0.25, 0.3) is 0 Å². The first-order chi connectivity index (χ1) is 16.7. The van der Waals surface area contributed by atoms with Crippen molar-refractivity contribution in [1.29, 1.82) is 0 Å². The average Bonchev–Trinajstić information content (AvgIpc) is 3.71. The van der Waals surface area contributed by atoms with Gasteiger partial charge in [-0.25, -0.2) is 0 Å². The summed E-state index contributed by atoms with van der Waals surface area (Å²) in [5, 5.41) is 0.795. The Hall–Kier alpha value is -2.69. The second kappa shape index (κ2) is 10.7. The Kier molecular flexibility index (Phi) is 7.27. The Balaban J connectivity index is 1.34. The molecule has 1 atom stereocenters. The smallest absolute Gasteiger partial charge is 0.272 e. The molecule has 2 aliphatic rings. The molecule has 2 heterocycles. The number of aromatic nitrogens is 1. The van der Waals surface area contributed by atoms with E-state index in [-0.39, 0.29) is 11.9 Å². The van der Waals surface area contributed by atoms with Gasteiger partial charge in [0, 0.05) is 29.8 Å². The molecule has 1 aliphatic heterocycles. The Labute approximate surface area is 207 Å². The molecular formula is C29H32ClN3O. The maximum atomic E-state index is 13.7. The van der Waals surface area contributed by atoms with Crippen LogP contribution in [0, 0.1) is 5.92 Å². The Morgan fingerprint density at radius 3 is 2.35 bits per heavy atom. The third-order valence-electron chi connectivity index (χ3n) is 7.18. The fraction of sp³-hybridized carbons (Fsp3) is 0.379. The van der Waals surface area contributed by atoms with Crippen molar-refractivity contribution in [1.82, 2.24) is 14.8 Å². The van der Waals surface area contributed by atoms with Crippen LogP contribution >= 0.6 is 11.6 Å². The number of piperidine rings is 1. The highest BCUT2D eigenvalue weighted by molar-refractivity contribution is 6.30. The van der Waals surface area contributed by atoms with Gasteiger partial charge in [-0.2, -0.15) is 0 Å². The second-order valence-electron chi connectivity index (χ2n) is 9.66. The first-order valence-corrected chi connectivity index (χ1v) is 12.8. The van der Waals surface area contributed by atoms with Crippen molar-refractivity contribution >= 4 is 17.5 Å². The van der Waals surface area contributed by atoms with Crippen LogP contribution in [0.5, 0.6) is 0 Å². The summed E-state index contributed by atoms with van der Waals surface area (Å²) in [5.74, 6) is 0.564. The van der Waals surface area contributed by atoms with E-state index in [0.29, 0.717) is 17.7 Å². The van der Waals surface area contributed by atoms with Crippen LogP contribution < -0.4 is 0 Å². The number of rotatable bonds is 8. The highest BCUT2D eigenvalue weighted by Gasteiger charge is 2.41. The van der Waals surface area contributed by atoms with Crippen molar-refractivity contribution in [3.05, 3.63) is 101 Å². The zero-order valence-corrected chi connectivity index (χ0v) is 20.3. The molecule has 0 spiro atoms. The van der Waals surface area contributed by atoms with E-state index in [1.165, 1.54) is 11.1 Å². The molecule has 1 aromatic heterocycles.